The maximum absolute atomic E-state index is 13.1. The molecule has 2 aromatic rings. The zero-order valence-corrected chi connectivity index (χ0v) is 15.0. The minimum atomic E-state index is 0.0241. The number of hydrogen-bond donors (Lipinski definition) is 0. The minimum Gasteiger partial charge on any atom is -0.377 e. The molecule has 0 N–H and O–H groups in total. The molecule has 1 aromatic heterocycles. The lowest BCUT2D eigenvalue weighted by atomic mass is 10.1. The van der Waals surface area contributed by atoms with Gasteiger partial charge in [0.2, 0.25) is 0 Å². The predicted molar refractivity (Wildman–Crippen MR) is 95.9 cm³/mol. The smallest absolute Gasteiger partial charge is 0.272 e. The summed E-state index contributed by atoms with van der Waals surface area (Å²) in [4.78, 5) is 19.4. The topological polar surface area (TPSA) is 47.4 Å². The summed E-state index contributed by atoms with van der Waals surface area (Å²) in [7, 11) is 0. The predicted octanol–water partition coefficient (Wildman–Crippen LogP) is 3.24. The van der Waals surface area contributed by atoms with Crippen molar-refractivity contribution in [3.8, 4) is 5.69 Å². The van der Waals surface area contributed by atoms with Crippen molar-refractivity contribution in [1.82, 2.24) is 14.5 Å². The lowest BCUT2D eigenvalue weighted by Gasteiger charge is -2.32. The van der Waals surface area contributed by atoms with E-state index in [0.717, 1.165) is 30.2 Å². The molecule has 24 heavy (non-hydrogen) atoms. The molecule has 0 radical (unpaired) electrons. The largest absolute Gasteiger partial charge is 0.377 e. The number of likely N-dealkylation sites (tertiary alicyclic amines) is 1. The van der Waals surface area contributed by atoms with Crippen LogP contribution in [0.2, 0.25) is 0 Å². The summed E-state index contributed by atoms with van der Waals surface area (Å²) in [5.74, 6) is 0.0241. The number of ether oxygens (including phenoxy) is 1. The van der Waals surface area contributed by atoms with Crippen LogP contribution in [0.4, 0.5) is 0 Å². The minimum absolute atomic E-state index is 0.0241. The Morgan fingerprint density at radius 3 is 2.88 bits per heavy atom. The van der Waals surface area contributed by atoms with Gasteiger partial charge < -0.3 is 9.64 Å². The summed E-state index contributed by atoms with van der Waals surface area (Å²) in [5.41, 5.74) is 1.57. The van der Waals surface area contributed by atoms with Gasteiger partial charge in [0, 0.05) is 25.4 Å². The normalized spacial score (nSPS) is 17.9. The fourth-order valence-electron chi connectivity index (χ4n) is 3.11. The number of carbonyl (C=O) groups is 1. The van der Waals surface area contributed by atoms with E-state index >= 15 is 0 Å². The van der Waals surface area contributed by atoms with Gasteiger partial charge in [-0.05, 0) is 38.2 Å². The van der Waals surface area contributed by atoms with Gasteiger partial charge in [-0.15, -0.1) is 0 Å². The Morgan fingerprint density at radius 2 is 2.17 bits per heavy atom. The van der Waals surface area contributed by atoms with E-state index < -0.39 is 0 Å². The lowest BCUT2D eigenvalue weighted by molar-refractivity contribution is 0.00693. The Labute approximate surface area is 147 Å². The summed E-state index contributed by atoms with van der Waals surface area (Å²) < 4.78 is 7.66. The van der Waals surface area contributed by atoms with Crippen molar-refractivity contribution in [2.45, 2.75) is 31.0 Å². The summed E-state index contributed by atoms with van der Waals surface area (Å²) in [6.07, 6.45) is 5.80. The molecule has 128 valence electrons. The molecule has 0 spiro atoms. The zero-order chi connectivity index (χ0) is 16.9. The summed E-state index contributed by atoms with van der Waals surface area (Å²) in [5, 5.41) is 0.822. The van der Waals surface area contributed by atoms with E-state index in [2.05, 4.69) is 4.98 Å². The quantitative estimate of drug-likeness (QED) is 0.781. The van der Waals surface area contributed by atoms with Crippen molar-refractivity contribution in [3.63, 3.8) is 0 Å². The Bertz CT molecular complexity index is 685. The van der Waals surface area contributed by atoms with E-state index in [0.29, 0.717) is 18.8 Å². The van der Waals surface area contributed by atoms with Crippen LogP contribution < -0.4 is 0 Å². The molecule has 0 saturated carbocycles. The Hall–Kier alpha value is -1.79. The summed E-state index contributed by atoms with van der Waals surface area (Å²) in [6.45, 7) is 4.11. The fraction of sp³-hybridized carbons (Fsp3) is 0.444. The fourth-order valence-corrected chi connectivity index (χ4v) is 3.66. The Kier molecular flexibility index (Phi) is 5.58. The standard InChI is InChI=1S/C18H23N3O2S/c1-3-23-15-10-7-11-20(13-15)17(22)16-12-19-18(24-2)21(16)14-8-5-4-6-9-14/h4-6,8-9,12,15H,3,7,10-11,13H2,1-2H3. The van der Waals surface area contributed by atoms with Crippen LogP contribution in [-0.4, -0.2) is 52.4 Å². The maximum Gasteiger partial charge on any atom is 0.272 e. The van der Waals surface area contributed by atoms with E-state index in [1.807, 2.05) is 53.0 Å². The van der Waals surface area contributed by atoms with Crippen LogP contribution in [0.25, 0.3) is 5.69 Å². The van der Waals surface area contributed by atoms with Crippen LogP contribution in [0.15, 0.2) is 41.7 Å². The van der Waals surface area contributed by atoms with E-state index in [-0.39, 0.29) is 12.0 Å². The molecule has 1 amide bonds. The van der Waals surface area contributed by atoms with Gasteiger partial charge in [0.25, 0.3) is 5.91 Å². The molecule has 5 nitrogen and oxygen atoms in total. The van der Waals surface area contributed by atoms with E-state index in [9.17, 15) is 4.79 Å². The van der Waals surface area contributed by atoms with Gasteiger partial charge in [0.05, 0.1) is 12.3 Å². The highest BCUT2D eigenvalue weighted by molar-refractivity contribution is 7.98. The Balaban J connectivity index is 1.89. The highest BCUT2D eigenvalue weighted by atomic mass is 32.2. The van der Waals surface area contributed by atoms with E-state index in [4.69, 9.17) is 4.74 Å². The first kappa shape index (κ1) is 17.0. The van der Waals surface area contributed by atoms with Crippen LogP contribution in [0.5, 0.6) is 0 Å². The van der Waals surface area contributed by atoms with Crippen molar-refractivity contribution in [2.75, 3.05) is 26.0 Å². The van der Waals surface area contributed by atoms with E-state index in [1.165, 1.54) is 0 Å². The van der Waals surface area contributed by atoms with Gasteiger partial charge in [-0.3, -0.25) is 9.36 Å². The third kappa shape index (κ3) is 3.49. The van der Waals surface area contributed by atoms with Crippen molar-refractivity contribution < 1.29 is 9.53 Å². The van der Waals surface area contributed by atoms with Crippen molar-refractivity contribution in [2.24, 2.45) is 0 Å². The number of nitrogens with zero attached hydrogens (tertiary/aromatic N) is 3. The lowest BCUT2D eigenvalue weighted by Crippen LogP contribution is -2.43. The molecule has 1 fully saturated rings. The first-order chi connectivity index (χ1) is 11.7. The van der Waals surface area contributed by atoms with Gasteiger partial charge in [-0.25, -0.2) is 4.98 Å². The molecule has 0 aliphatic carbocycles. The molecule has 1 unspecified atom stereocenters. The first-order valence-corrected chi connectivity index (χ1v) is 9.55. The molecule has 2 heterocycles. The molecule has 1 aromatic carbocycles. The third-order valence-corrected chi connectivity index (χ3v) is 4.87. The second-order valence-electron chi connectivity index (χ2n) is 5.77. The second kappa shape index (κ2) is 7.85. The van der Waals surface area contributed by atoms with Gasteiger partial charge in [0.15, 0.2) is 5.16 Å². The summed E-state index contributed by atoms with van der Waals surface area (Å²) >= 11 is 1.54. The second-order valence-corrected chi connectivity index (χ2v) is 6.55. The highest BCUT2D eigenvalue weighted by Gasteiger charge is 2.28. The summed E-state index contributed by atoms with van der Waals surface area (Å²) in [6, 6.07) is 9.91. The van der Waals surface area contributed by atoms with Crippen LogP contribution in [0, 0.1) is 0 Å². The number of para-hydroxylation sites is 1. The van der Waals surface area contributed by atoms with Crippen LogP contribution >= 0.6 is 11.8 Å². The molecule has 0 bridgehead atoms. The number of aromatic nitrogens is 2. The van der Waals surface area contributed by atoms with Crippen molar-refractivity contribution in [3.05, 3.63) is 42.2 Å². The van der Waals surface area contributed by atoms with Crippen LogP contribution in [0.1, 0.15) is 30.3 Å². The van der Waals surface area contributed by atoms with Crippen LogP contribution in [0.3, 0.4) is 0 Å². The highest BCUT2D eigenvalue weighted by Crippen LogP contribution is 2.24. The number of hydrogen-bond acceptors (Lipinski definition) is 4. The maximum atomic E-state index is 13.1. The molecule has 1 aliphatic heterocycles. The first-order valence-electron chi connectivity index (χ1n) is 8.32. The Morgan fingerprint density at radius 1 is 1.38 bits per heavy atom. The van der Waals surface area contributed by atoms with Crippen molar-refractivity contribution >= 4 is 17.7 Å². The van der Waals surface area contributed by atoms with Gasteiger partial charge in [0.1, 0.15) is 5.69 Å². The average molecular weight is 345 g/mol. The number of rotatable bonds is 5. The monoisotopic (exact) mass is 345 g/mol. The third-order valence-electron chi connectivity index (χ3n) is 4.21. The van der Waals surface area contributed by atoms with E-state index in [1.54, 1.807) is 18.0 Å². The number of carbonyl (C=O) groups excluding carboxylic acids is 1. The average Bonchev–Trinajstić information content (AvgIpc) is 3.06. The molecule has 1 atom stereocenters. The molecular formula is C18H23N3O2S. The number of imidazole rings is 1. The molecule has 1 saturated heterocycles. The van der Waals surface area contributed by atoms with Crippen LogP contribution in [-0.2, 0) is 4.74 Å². The zero-order valence-electron chi connectivity index (χ0n) is 14.1. The molecule has 6 heteroatoms. The molecule has 1 aliphatic rings. The molecule has 3 rings (SSSR count). The number of amides is 1. The van der Waals surface area contributed by atoms with Gasteiger partial charge >= 0.3 is 0 Å². The number of piperidine rings is 1. The molecular weight excluding hydrogens is 322 g/mol. The van der Waals surface area contributed by atoms with Crippen molar-refractivity contribution in [1.29, 1.82) is 0 Å². The number of thioether (sulfide) groups is 1. The SMILES string of the molecule is CCOC1CCCN(C(=O)c2cnc(SC)n2-c2ccccc2)C1. The number of benzene rings is 1. The van der Waals surface area contributed by atoms with Gasteiger partial charge in [-0.1, -0.05) is 30.0 Å². The van der Waals surface area contributed by atoms with Gasteiger partial charge in [-0.2, -0.15) is 0 Å².